The van der Waals surface area contributed by atoms with Crippen LogP contribution in [0.5, 0.6) is 5.75 Å². The third-order valence-corrected chi connectivity index (χ3v) is 3.69. The molecule has 1 N–H and O–H groups in total. The van der Waals surface area contributed by atoms with Crippen LogP contribution in [0.1, 0.15) is 13.3 Å². The van der Waals surface area contributed by atoms with Gasteiger partial charge in [0.05, 0.1) is 18.1 Å². The molecule has 0 spiro atoms. The van der Waals surface area contributed by atoms with E-state index in [1.54, 1.807) is 4.90 Å². The Hall–Kier alpha value is -1.89. The van der Waals surface area contributed by atoms with E-state index in [0.29, 0.717) is 13.0 Å². The van der Waals surface area contributed by atoms with Gasteiger partial charge in [0.25, 0.3) is 0 Å². The summed E-state index contributed by atoms with van der Waals surface area (Å²) in [5, 5.41) is 21.0. The minimum absolute atomic E-state index is 0.126. The molecule has 1 aromatic carbocycles. The lowest BCUT2D eigenvalue weighted by Gasteiger charge is -2.35. The van der Waals surface area contributed by atoms with Crippen LogP contribution in [0.3, 0.4) is 0 Å². The summed E-state index contributed by atoms with van der Waals surface area (Å²) in [5.74, 6) is -0.588. The fraction of sp³-hybridized carbons (Fsp3) is 0.538. The van der Waals surface area contributed by atoms with Gasteiger partial charge in [-0.2, -0.15) is 4.39 Å². The lowest BCUT2D eigenvalue weighted by Crippen LogP contribution is -2.43. The summed E-state index contributed by atoms with van der Waals surface area (Å²) in [7, 11) is 1.37. The Bertz CT molecular complexity index is 523. The average Bonchev–Trinajstić information content (AvgIpc) is 2.40. The summed E-state index contributed by atoms with van der Waals surface area (Å²) >= 11 is 0. The zero-order valence-corrected chi connectivity index (χ0v) is 11.4. The number of piperidine rings is 1. The maximum absolute atomic E-state index is 13.9. The minimum atomic E-state index is -0.933. The van der Waals surface area contributed by atoms with Gasteiger partial charge in [-0.15, -0.1) is 0 Å². The number of hydrogen-bond acceptors (Lipinski definition) is 5. The number of ether oxygens (including phenoxy) is 1. The number of nitrogens with zero attached hydrogens (tertiary/aromatic N) is 2. The molecule has 7 heteroatoms. The van der Waals surface area contributed by atoms with Crippen molar-refractivity contribution >= 4 is 11.4 Å². The molecule has 0 radical (unpaired) electrons. The van der Waals surface area contributed by atoms with Gasteiger partial charge in [0, 0.05) is 25.2 Å². The molecule has 0 saturated carbocycles. The number of rotatable bonds is 3. The lowest BCUT2D eigenvalue weighted by atomic mass is 9.95. The molecule has 1 aromatic rings. The summed E-state index contributed by atoms with van der Waals surface area (Å²) in [6.07, 6.45) is 0.106. The number of nitro groups is 1. The van der Waals surface area contributed by atoms with Crippen LogP contribution >= 0.6 is 0 Å². The highest BCUT2D eigenvalue weighted by Gasteiger charge is 2.31. The number of aliphatic hydroxyl groups is 1. The van der Waals surface area contributed by atoms with Crippen LogP contribution in [0.25, 0.3) is 0 Å². The van der Waals surface area contributed by atoms with Gasteiger partial charge in [-0.3, -0.25) is 10.1 Å². The zero-order valence-electron chi connectivity index (χ0n) is 11.4. The fourth-order valence-corrected chi connectivity index (χ4v) is 2.37. The highest BCUT2D eigenvalue weighted by Crippen LogP contribution is 2.37. The molecule has 2 unspecified atom stereocenters. The first-order valence-corrected chi connectivity index (χ1v) is 6.39. The lowest BCUT2D eigenvalue weighted by molar-refractivity contribution is -0.386. The first-order valence-electron chi connectivity index (χ1n) is 6.39. The standard InChI is InChI=1S/C13H17FN2O4/c1-8-3-4-15(7-12(8)17)11-6-9(20-2)5-10(14)13(11)16(18)19/h5-6,8,12,17H,3-4,7H2,1-2H3. The smallest absolute Gasteiger partial charge is 0.328 e. The minimum Gasteiger partial charge on any atom is -0.497 e. The normalized spacial score (nSPS) is 22.7. The van der Waals surface area contributed by atoms with Crippen LogP contribution in [0, 0.1) is 21.8 Å². The fourth-order valence-electron chi connectivity index (χ4n) is 2.37. The van der Waals surface area contributed by atoms with Gasteiger partial charge in [-0.1, -0.05) is 6.92 Å². The average molecular weight is 284 g/mol. The second kappa shape index (κ2) is 5.62. The summed E-state index contributed by atoms with van der Waals surface area (Å²) in [5.41, 5.74) is -0.426. The second-order valence-electron chi connectivity index (χ2n) is 5.01. The highest BCUT2D eigenvalue weighted by atomic mass is 19.1. The zero-order chi connectivity index (χ0) is 14.9. The number of aliphatic hydroxyl groups excluding tert-OH is 1. The highest BCUT2D eigenvalue weighted by molar-refractivity contribution is 5.67. The Balaban J connectivity index is 2.43. The number of halogens is 1. The van der Waals surface area contributed by atoms with E-state index in [1.165, 1.54) is 13.2 Å². The molecule has 1 heterocycles. The number of β-amino-alcohol motifs (C(OH)–C–C–N with tert-alkyl or cyclic N) is 1. The number of hydrogen-bond donors (Lipinski definition) is 1. The largest absolute Gasteiger partial charge is 0.497 e. The van der Waals surface area contributed by atoms with E-state index < -0.39 is 22.5 Å². The molecule has 1 saturated heterocycles. The van der Waals surface area contributed by atoms with Crippen LogP contribution in [0.15, 0.2) is 12.1 Å². The van der Waals surface area contributed by atoms with Crippen molar-refractivity contribution < 1.29 is 19.2 Å². The molecular weight excluding hydrogens is 267 g/mol. The number of nitro benzene ring substituents is 1. The number of anilines is 1. The monoisotopic (exact) mass is 284 g/mol. The Labute approximate surface area is 115 Å². The predicted molar refractivity (Wildman–Crippen MR) is 71.6 cm³/mol. The van der Waals surface area contributed by atoms with E-state index in [1.807, 2.05) is 6.92 Å². The van der Waals surface area contributed by atoms with Crippen molar-refractivity contribution in [3.63, 3.8) is 0 Å². The molecule has 0 aromatic heterocycles. The van der Waals surface area contributed by atoms with Crippen LogP contribution in [-0.2, 0) is 0 Å². The molecule has 0 amide bonds. The van der Waals surface area contributed by atoms with Gasteiger partial charge in [-0.05, 0) is 12.3 Å². The van der Waals surface area contributed by atoms with Gasteiger partial charge in [0.15, 0.2) is 0 Å². The molecule has 20 heavy (non-hydrogen) atoms. The van der Waals surface area contributed by atoms with Crippen molar-refractivity contribution in [3.8, 4) is 5.75 Å². The summed E-state index contributed by atoms with van der Waals surface area (Å²) in [6.45, 7) is 2.70. The quantitative estimate of drug-likeness (QED) is 0.678. The maximum Gasteiger partial charge on any atom is 0.328 e. The van der Waals surface area contributed by atoms with Gasteiger partial charge in [-0.25, -0.2) is 0 Å². The van der Waals surface area contributed by atoms with Gasteiger partial charge in [0.1, 0.15) is 11.4 Å². The van der Waals surface area contributed by atoms with Crippen molar-refractivity contribution in [2.24, 2.45) is 5.92 Å². The van der Waals surface area contributed by atoms with Crippen molar-refractivity contribution in [1.82, 2.24) is 0 Å². The molecule has 6 nitrogen and oxygen atoms in total. The van der Waals surface area contributed by atoms with Crippen molar-refractivity contribution in [1.29, 1.82) is 0 Å². The Morgan fingerprint density at radius 2 is 2.25 bits per heavy atom. The van der Waals surface area contributed by atoms with E-state index in [4.69, 9.17) is 4.74 Å². The maximum atomic E-state index is 13.9. The van der Waals surface area contributed by atoms with Gasteiger partial charge in [0.2, 0.25) is 5.82 Å². The van der Waals surface area contributed by atoms with Crippen molar-refractivity contribution in [3.05, 3.63) is 28.1 Å². The third-order valence-electron chi connectivity index (χ3n) is 3.69. The van der Waals surface area contributed by atoms with E-state index >= 15 is 0 Å². The van der Waals surface area contributed by atoms with E-state index in [-0.39, 0.29) is 23.9 Å². The van der Waals surface area contributed by atoms with Crippen LogP contribution in [0.4, 0.5) is 15.8 Å². The molecule has 0 bridgehead atoms. The Morgan fingerprint density at radius 1 is 1.55 bits per heavy atom. The first kappa shape index (κ1) is 14.5. The topological polar surface area (TPSA) is 75.8 Å². The second-order valence-corrected chi connectivity index (χ2v) is 5.01. The molecule has 110 valence electrons. The molecular formula is C13H17FN2O4. The van der Waals surface area contributed by atoms with Gasteiger partial charge >= 0.3 is 5.69 Å². The first-order chi connectivity index (χ1) is 9.43. The molecule has 1 aliphatic heterocycles. The van der Waals surface area contributed by atoms with Gasteiger partial charge < -0.3 is 14.7 Å². The van der Waals surface area contributed by atoms with E-state index in [2.05, 4.69) is 0 Å². The summed E-state index contributed by atoms with van der Waals surface area (Å²) in [6, 6.07) is 2.43. The van der Waals surface area contributed by atoms with E-state index in [0.717, 1.165) is 6.07 Å². The Kier molecular flexibility index (Phi) is 4.08. The molecule has 1 aliphatic rings. The Morgan fingerprint density at radius 3 is 2.80 bits per heavy atom. The predicted octanol–water partition coefficient (Wildman–Crippen LogP) is 1.95. The van der Waals surface area contributed by atoms with E-state index in [9.17, 15) is 19.6 Å². The molecule has 2 atom stereocenters. The number of methoxy groups -OCH3 is 1. The third kappa shape index (κ3) is 2.67. The number of benzene rings is 1. The van der Waals surface area contributed by atoms with Crippen LogP contribution in [0.2, 0.25) is 0 Å². The van der Waals surface area contributed by atoms with Crippen molar-refractivity contribution in [2.45, 2.75) is 19.4 Å². The summed E-state index contributed by atoms with van der Waals surface area (Å²) in [4.78, 5) is 12.0. The van der Waals surface area contributed by atoms with Crippen molar-refractivity contribution in [2.75, 3.05) is 25.1 Å². The summed E-state index contributed by atoms with van der Waals surface area (Å²) < 4.78 is 18.8. The molecule has 0 aliphatic carbocycles. The van der Waals surface area contributed by atoms with Crippen LogP contribution < -0.4 is 9.64 Å². The SMILES string of the molecule is COc1cc(F)c([N+](=O)[O-])c(N2CCC(C)C(O)C2)c1. The van der Waals surface area contributed by atoms with Crippen LogP contribution in [-0.4, -0.2) is 36.3 Å². The molecule has 1 fully saturated rings. The molecule has 2 rings (SSSR count).